The largest absolute Gasteiger partial charge is 0.395 e. The third-order valence-corrected chi connectivity index (χ3v) is 4.41. The zero-order valence-corrected chi connectivity index (χ0v) is 11.9. The van der Waals surface area contributed by atoms with Gasteiger partial charge in [0.1, 0.15) is 0 Å². The van der Waals surface area contributed by atoms with Crippen molar-refractivity contribution in [1.82, 2.24) is 4.90 Å². The highest BCUT2D eigenvalue weighted by Crippen LogP contribution is 2.28. The minimum Gasteiger partial charge on any atom is -0.395 e. The number of hydrogen-bond acceptors (Lipinski definition) is 3. The zero-order chi connectivity index (χ0) is 13.0. The fraction of sp³-hybridized carbons (Fsp3) is 1.00. The number of aliphatic hydroxyl groups excluding tert-OH is 1. The van der Waals surface area contributed by atoms with Crippen LogP contribution < -0.4 is 5.73 Å². The van der Waals surface area contributed by atoms with Crippen molar-refractivity contribution in [2.24, 2.45) is 17.6 Å². The Kier molecular flexibility index (Phi) is 5.90. The quantitative estimate of drug-likeness (QED) is 0.773. The van der Waals surface area contributed by atoms with Gasteiger partial charge in [-0.2, -0.15) is 0 Å². The molecule has 4 unspecified atom stereocenters. The van der Waals surface area contributed by atoms with E-state index >= 15 is 0 Å². The van der Waals surface area contributed by atoms with Crippen molar-refractivity contribution in [3.63, 3.8) is 0 Å². The summed E-state index contributed by atoms with van der Waals surface area (Å²) in [5.41, 5.74) is 6.21. The van der Waals surface area contributed by atoms with Crippen LogP contribution in [0.15, 0.2) is 0 Å². The molecule has 0 aliphatic heterocycles. The summed E-state index contributed by atoms with van der Waals surface area (Å²) in [5, 5.41) is 9.59. The number of hydrogen-bond donors (Lipinski definition) is 2. The maximum atomic E-state index is 9.59. The van der Waals surface area contributed by atoms with Crippen molar-refractivity contribution in [3.8, 4) is 0 Å². The van der Waals surface area contributed by atoms with Gasteiger partial charge in [-0.1, -0.05) is 33.6 Å². The molecule has 1 saturated carbocycles. The summed E-state index contributed by atoms with van der Waals surface area (Å²) in [4.78, 5) is 2.33. The first kappa shape index (κ1) is 14.9. The first-order valence-corrected chi connectivity index (χ1v) is 7.05. The topological polar surface area (TPSA) is 49.5 Å². The van der Waals surface area contributed by atoms with Crippen LogP contribution in [0.3, 0.4) is 0 Å². The highest BCUT2D eigenvalue weighted by Gasteiger charge is 2.30. The van der Waals surface area contributed by atoms with E-state index in [0.29, 0.717) is 12.0 Å². The molecule has 3 heteroatoms. The van der Waals surface area contributed by atoms with Crippen LogP contribution in [-0.4, -0.2) is 41.8 Å². The summed E-state index contributed by atoms with van der Waals surface area (Å²) >= 11 is 0. The lowest BCUT2D eigenvalue weighted by molar-refractivity contribution is 0.0555. The predicted octanol–water partition coefficient (Wildman–Crippen LogP) is 1.84. The van der Waals surface area contributed by atoms with Gasteiger partial charge in [-0.3, -0.25) is 4.90 Å². The molecule has 102 valence electrons. The molecule has 3 N–H and O–H groups in total. The van der Waals surface area contributed by atoms with Gasteiger partial charge >= 0.3 is 0 Å². The predicted molar refractivity (Wildman–Crippen MR) is 72.9 cm³/mol. The minimum absolute atomic E-state index is 0.0576. The fourth-order valence-corrected chi connectivity index (χ4v) is 3.01. The van der Waals surface area contributed by atoms with E-state index < -0.39 is 0 Å². The van der Waals surface area contributed by atoms with Gasteiger partial charge in [0.15, 0.2) is 0 Å². The molecule has 17 heavy (non-hydrogen) atoms. The Morgan fingerprint density at radius 1 is 1.35 bits per heavy atom. The number of likely N-dealkylation sites (N-methyl/N-ethyl adjacent to an activating group) is 1. The van der Waals surface area contributed by atoms with E-state index in [1.807, 2.05) is 0 Å². The molecule has 1 rings (SSSR count). The summed E-state index contributed by atoms with van der Waals surface area (Å²) in [5.74, 6) is 1.22. The number of aliphatic hydroxyl groups is 1. The maximum Gasteiger partial charge on any atom is 0.0602 e. The highest BCUT2D eigenvalue weighted by molar-refractivity contribution is 4.87. The first-order chi connectivity index (χ1) is 7.97. The molecule has 0 heterocycles. The van der Waals surface area contributed by atoms with E-state index in [9.17, 15) is 5.11 Å². The molecule has 1 aliphatic rings. The lowest BCUT2D eigenvalue weighted by atomic mass is 9.85. The van der Waals surface area contributed by atoms with Gasteiger partial charge in [0.25, 0.3) is 0 Å². The molecular formula is C14H30N2O. The second-order valence-electron chi connectivity index (χ2n) is 6.16. The summed E-state index contributed by atoms with van der Waals surface area (Å²) in [6.45, 7) is 6.76. The van der Waals surface area contributed by atoms with Crippen molar-refractivity contribution in [1.29, 1.82) is 0 Å². The smallest absolute Gasteiger partial charge is 0.0602 e. The lowest BCUT2D eigenvalue weighted by Gasteiger charge is -2.41. The van der Waals surface area contributed by atoms with Gasteiger partial charge < -0.3 is 10.8 Å². The molecular weight excluding hydrogens is 212 g/mol. The molecule has 0 spiro atoms. The molecule has 0 radical (unpaired) electrons. The van der Waals surface area contributed by atoms with Gasteiger partial charge in [-0.05, 0) is 31.7 Å². The first-order valence-electron chi connectivity index (χ1n) is 7.05. The average Bonchev–Trinajstić information content (AvgIpc) is 2.29. The van der Waals surface area contributed by atoms with Crippen LogP contribution in [0.1, 0.15) is 46.5 Å². The normalized spacial score (nSPS) is 29.6. The molecule has 0 aromatic heterocycles. The van der Waals surface area contributed by atoms with Crippen LogP contribution in [0.5, 0.6) is 0 Å². The maximum absolute atomic E-state index is 9.59. The van der Waals surface area contributed by atoms with Crippen LogP contribution in [0.4, 0.5) is 0 Å². The Morgan fingerprint density at radius 3 is 2.47 bits per heavy atom. The molecule has 0 aromatic rings. The fourth-order valence-electron chi connectivity index (χ4n) is 3.01. The van der Waals surface area contributed by atoms with E-state index in [2.05, 4.69) is 32.7 Å². The average molecular weight is 242 g/mol. The van der Waals surface area contributed by atoms with Crippen LogP contribution in [0, 0.1) is 11.8 Å². The third-order valence-electron chi connectivity index (χ3n) is 4.41. The van der Waals surface area contributed by atoms with Crippen molar-refractivity contribution >= 4 is 0 Å². The van der Waals surface area contributed by atoms with Crippen LogP contribution in [0.2, 0.25) is 0 Å². The molecule has 1 fully saturated rings. The monoisotopic (exact) mass is 242 g/mol. The number of rotatable bonds is 5. The van der Waals surface area contributed by atoms with Crippen molar-refractivity contribution in [2.45, 2.75) is 64.6 Å². The standard InChI is InChI=1S/C14H30N2O/c1-10(2)14(15)13(9-17)16(4)12-7-5-6-11(3)8-12/h10-14,17H,5-9,15H2,1-4H3. The molecule has 0 saturated heterocycles. The van der Waals surface area contributed by atoms with Crippen LogP contribution >= 0.6 is 0 Å². The number of nitrogens with zero attached hydrogens (tertiary/aromatic N) is 1. The van der Waals surface area contributed by atoms with Gasteiger partial charge in [0, 0.05) is 18.1 Å². The lowest BCUT2D eigenvalue weighted by Crippen LogP contribution is -2.54. The zero-order valence-electron chi connectivity index (χ0n) is 11.9. The van der Waals surface area contributed by atoms with E-state index in [1.165, 1.54) is 25.7 Å². The molecule has 1 aliphatic carbocycles. The summed E-state index contributed by atoms with van der Waals surface area (Å²) in [7, 11) is 2.13. The van der Waals surface area contributed by atoms with Crippen molar-refractivity contribution in [2.75, 3.05) is 13.7 Å². The number of nitrogens with two attached hydrogens (primary N) is 1. The minimum atomic E-state index is 0.0576. The Hall–Kier alpha value is -0.120. The van der Waals surface area contributed by atoms with E-state index in [0.717, 1.165) is 5.92 Å². The van der Waals surface area contributed by atoms with Gasteiger partial charge in [0.2, 0.25) is 0 Å². The molecule has 0 bridgehead atoms. The molecule has 4 atom stereocenters. The van der Waals surface area contributed by atoms with Gasteiger partial charge in [0.05, 0.1) is 6.61 Å². The third kappa shape index (κ3) is 3.94. The Labute approximate surface area is 106 Å². The van der Waals surface area contributed by atoms with Crippen molar-refractivity contribution < 1.29 is 5.11 Å². The van der Waals surface area contributed by atoms with E-state index in [4.69, 9.17) is 5.73 Å². The molecule has 0 amide bonds. The Bertz CT molecular complexity index is 220. The second-order valence-corrected chi connectivity index (χ2v) is 6.16. The molecule has 0 aromatic carbocycles. The summed E-state index contributed by atoms with van der Waals surface area (Å²) in [6, 6.07) is 0.758. The second kappa shape index (κ2) is 6.72. The van der Waals surface area contributed by atoms with Crippen molar-refractivity contribution in [3.05, 3.63) is 0 Å². The Morgan fingerprint density at radius 2 is 2.00 bits per heavy atom. The SMILES string of the molecule is CC1CCCC(N(C)C(CO)C(N)C(C)C)C1. The summed E-state index contributed by atoms with van der Waals surface area (Å²) in [6.07, 6.45) is 5.16. The van der Waals surface area contributed by atoms with E-state index in [-0.39, 0.29) is 18.7 Å². The molecule has 3 nitrogen and oxygen atoms in total. The highest BCUT2D eigenvalue weighted by atomic mass is 16.3. The Balaban J connectivity index is 2.61. The van der Waals surface area contributed by atoms with Gasteiger partial charge in [-0.15, -0.1) is 0 Å². The summed E-state index contributed by atoms with van der Waals surface area (Å²) < 4.78 is 0. The van der Waals surface area contributed by atoms with E-state index in [1.54, 1.807) is 0 Å². The van der Waals surface area contributed by atoms with Gasteiger partial charge in [-0.25, -0.2) is 0 Å². The van der Waals surface area contributed by atoms with Crippen LogP contribution in [0.25, 0.3) is 0 Å². The van der Waals surface area contributed by atoms with Crippen LogP contribution in [-0.2, 0) is 0 Å².